The zero-order valence-corrected chi connectivity index (χ0v) is 11.1. The number of halogens is 3. The van der Waals surface area contributed by atoms with Crippen molar-refractivity contribution in [2.24, 2.45) is 0 Å². The second-order valence-electron chi connectivity index (χ2n) is 4.14. The van der Waals surface area contributed by atoms with Gasteiger partial charge in [-0.15, -0.1) is 0 Å². The van der Waals surface area contributed by atoms with Gasteiger partial charge in [-0.1, -0.05) is 6.07 Å². The molecule has 0 aromatic heterocycles. The number of anilines is 1. The predicted molar refractivity (Wildman–Crippen MR) is 67.1 cm³/mol. The molecular weight excluding hydrogens is 292 g/mol. The second kappa shape index (κ2) is 4.80. The van der Waals surface area contributed by atoms with E-state index >= 15 is 0 Å². The molecule has 17 heavy (non-hydrogen) atoms. The average Bonchev–Trinajstić information content (AvgIpc) is 2.29. The van der Waals surface area contributed by atoms with E-state index in [1.165, 1.54) is 0 Å². The Bertz CT molecular complexity index is 401. The van der Waals surface area contributed by atoms with Gasteiger partial charge in [0, 0.05) is 25.9 Å². The van der Waals surface area contributed by atoms with Crippen molar-refractivity contribution in [3.8, 4) is 5.75 Å². The molecule has 0 N–H and O–H groups in total. The van der Waals surface area contributed by atoms with Crippen molar-refractivity contribution < 1.29 is 13.5 Å². The normalized spacial score (nSPS) is 19.2. The number of hydrogen-bond donors (Lipinski definition) is 0. The number of hydrogen-bond acceptors (Lipinski definition) is 2. The van der Waals surface area contributed by atoms with Crippen LogP contribution in [0.5, 0.6) is 5.75 Å². The summed E-state index contributed by atoms with van der Waals surface area (Å²) < 4.78 is 32.3. The summed E-state index contributed by atoms with van der Waals surface area (Å²) in [6, 6.07) is 5.66. The average molecular weight is 306 g/mol. The molecule has 1 aromatic rings. The third kappa shape index (κ3) is 2.70. The summed E-state index contributed by atoms with van der Waals surface area (Å²) in [4.78, 5) is 1.95. The van der Waals surface area contributed by atoms with Gasteiger partial charge in [-0.05, 0) is 28.1 Å². The SMILES string of the molecule is COc1c(Br)cccc1N1CCC(F)(F)CC1. The van der Waals surface area contributed by atoms with E-state index in [0.29, 0.717) is 18.8 Å². The number of rotatable bonds is 2. The Morgan fingerprint density at radius 2 is 1.94 bits per heavy atom. The van der Waals surface area contributed by atoms with Crippen LogP contribution < -0.4 is 9.64 Å². The van der Waals surface area contributed by atoms with Crippen molar-refractivity contribution in [3.05, 3.63) is 22.7 Å². The molecule has 1 aliphatic rings. The van der Waals surface area contributed by atoms with E-state index in [4.69, 9.17) is 4.74 Å². The number of methoxy groups -OCH3 is 1. The number of alkyl halides is 2. The van der Waals surface area contributed by atoms with E-state index in [1.807, 2.05) is 23.1 Å². The van der Waals surface area contributed by atoms with Gasteiger partial charge in [0.05, 0.1) is 17.3 Å². The molecule has 0 amide bonds. The fourth-order valence-corrected chi connectivity index (χ4v) is 2.54. The topological polar surface area (TPSA) is 12.5 Å². The van der Waals surface area contributed by atoms with Crippen molar-refractivity contribution in [2.45, 2.75) is 18.8 Å². The summed E-state index contributed by atoms with van der Waals surface area (Å²) in [6.45, 7) is 0.722. The molecule has 0 atom stereocenters. The van der Waals surface area contributed by atoms with E-state index in [1.54, 1.807) is 7.11 Å². The Balaban J connectivity index is 2.21. The highest BCUT2D eigenvalue weighted by molar-refractivity contribution is 9.10. The second-order valence-corrected chi connectivity index (χ2v) is 4.99. The van der Waals surface area contributed by atoms with Crippen LogP contribution in [0.3, 0.4) is 0 Å². The van der Waals surface area contributed by atoms with Gasteiger partial charge < -0.3 is 9.64 Å². The Hall–Kier alpha value is -0.840. The third-order valence-corrected chi connectivity index (χ3v) is 3.61. The van der Waals surface area contributed by atoms with Crippen LogP contribution in [0.2, 0.25) is 0 Å². The first-order valence-electron chi connectivity index (χ1n) is 5.49. The van der Waals surface area contributed by atoms with Crippen LogP contribution in [0.25, 0.3) is 0 Å². The molecule has 0 radical (unpaired) electrons. The highest BCUT2D eigenvalue weighted by atomic mass is 79.9. The van der Waals surface area contributed by atoms with Gasteiger partial charge in [0.15, 0.2) is 5.75 Å². The molecule has 0 saturated carbocycles. The Morgan fingerprint density at radius 1 is 1.29 bits per heavy atom. The van der Waals surface area contributed by atoms with Crippen LogP contribution >= 0.6 is 15.9 Å². The van der Waals surface area contributed by atoms with Crippen molar-refractivity contribution in [3.63, 3.8) is 0 Å². The molecule has 94 valence electrons. The maximum absolute atomic E-state index is 13.1. The lowest BCUT2D eigenvalue weighted by Gasteiger charge is -2.34. The minimum absolute atomic E-state index is 0.0946. The molecule has 1 aromatic carbocycles. The van der Waals surface area contributed by atoms with Gasteiger partial charge >= 0.3 is 0 Å². The number of nitrogens with zero attached hydrogens (tertiary/aromatic N) is 1. The summed E-state index contributed by atoms with van der Waals surface area (Å²) in [5, 5.41) is 0. The number of piperidine rings is 1. The third-order valence-electron chi connectivity index (χ3n) is 2.99. The van der Waals surface area contributed by atoms with Crippen LogP contribution in [0.1, 0.15) is 12.8 Å². The van der Waals surface area contributed by atoms with Gasteiger partial charge in [0.25, 0.3) is 5.92 Å². The van der Waals surface area contributed by atoms with Gasteiger partial charge in [-0.2, -0.15) is 0 Å². The van der Waals surface area contributed by atoms with E-state index in [2.05, 4.69) is 15.9 Å². The smallest absolute Gasteiger partial charge is 0.251 e. The van der Waals surface area contributed by atoms with Crippen LogP contribution in [-0.2, 0) is 0 Å². The molecule has 1 fully saturated rings. The van der Waals surface area contributed by atoms with Crippen LogP contribution in [-0.4, -0.2) is 26.1 Å². The molecule has 0 bridgehead atoms. The van der Waals surface area contributed by atoms with Crippen LogP contribution in [0.4, 0.5) is 14.5 Å². The summed E-state index contributed by atoms with van der Waals surface area (Å²) in [6.07, 6.45) is -0.189. The molecule has 1 aliphatic heterocycles. The molecular formula is C12H14BrF2NO. The number of benzene rings is 1. The minimum atomic E-state index is -2.52. The first kappa shape index (κ1) is 12.6. The number of ether oxygens (including phenoxy) is 1. The predicted octanol–water partition coefficient (Wildman–Crippen LogP) is 3.69. The Kier molecular flexibility index (Phi) is 3.56. The fourth-order valence-electron chi connectivity index (χ4n) is 2.02. The molecule has 2 nitrogen and oxygen atoms in total. The molecule has 5 heteroatoms. The van der Waals surface area contributed by atoms with Crippen molar-refractivity contribution >= 4 is 21.6 Å². The van der Waals surface area contributed by atoms with E-state index < -0.39 is 5.92 Å². The maximum atomic E-state index is 13.1. The molecule has 1 saturated heterocycles. The van der Waals surface area contributed by atoms with Gasteiger partial charge in [0.1, 0.15) is 0 Å². The molecule has 0 spiro atoms. The van der Waals surface area contributed by atoms with Gasteiger partial charge in [-0.25, -0.2) is 8.78 Å². The maximum Gasteiger partial charge on any atom is 0.251 e. The molecule has 0 unspecified atom stereocenters. The zero-order chi connectivity index (χ0) is 12.5. The quantitative estimate of drug-likeness (QED) is 0.826. The zero-order valence-electron chi connectivity index (χ0n) is 9.55. The summed E-state index contributed by atoms with van der Waals surface area (Å²) in [5.74, 6) is -1.81. The van der Waals surface area contributed by atoms with E-state index in [-0.39, 0.29) is 12.8 Å². The fraction of sp³-hybridized carbons (Fsp3) is 0.500. The standard InChI is InChI=1S/C12H14BrF2NO/c1-17-11-9(13)3-2-4-10(11)16-7-5-12(14,15)6-8-16/h2-4H,5-8H2,1H3. The van der Waals surface area contributed by atoms with Gasteiger partial charge in [0.2, 0.25) is 0 Å². The van der Waals surface area contributed by atoms with Crippen LogP contribution in [0.15, 0.2) is 22.7 Å². The monoisotopic (exact) mass is 305 g/mol. The first-order chi connectivity index (χ1) is 8.03. The molecule has 1 heterocycles. The van der Waals surface area contributed by atoms with Crippen molar-refractivity contribution in [2.75, 3.05) is 25.1 Å². The Labute approximate surface area is 108 Å². The van der Waals surface area contributed by atoms with Crippen molar-refractivity contribution in [1.82, 2.24) is 0 Å². The minimum Gasteiger partial charge on any atom is -0.493 e. The lowest BCUT2D eigenvalue weighted by molar-refractivity contribution is -0.0221. The number of para-hydroxylation sites is 1. The first-order valence-corrected chi connectivity index (χ1v) is 6.28. The summed E-state index contributed by atoms with van der Waals surface area (Å²) in [5.41, 5.74) is 0.873. The highest BCUT2D eigenvalue weighted by Gasteiger charge is 2.34. The Morgan fingerprint density at radius 3 is 2.53 bits per heavy atom. The lowest BCUT2D eigenvalue weighted by Crippen LogP contribution is -2.39. The van der Waals surface area contributed by atoms with E-state index in [9.17, 15) is 8.78 Å². The summed E-state index contributed by atoms with van der Waals surface area (Å²) in [7, 11) is 1.59. The largest absolute Gasteiger partial charge is 0.493 e. The van der Waals surface area contributed by atoms with Crippen LogP contribution in [0, 0.1) is 0 Å². The molecule has 0 aliphatic carbocycles. The highest BCUT2D eigenvalue weighted by Crippen LogP contribution is 2.38. The van der Waals surface area contributed by atoms with Gasteiger partial charge in [-0.3, -0.25) is 0 Å². The van der Waals surface area contributed by atoms with Crippen molar-refractivity contribution in [1.29, 1.82) is 0 Å². The lowest BCUT2D eigenvalue weighted by atomic mass is 10.1. The molecule has 2 rings (SSSR count). The van der Waals surface area contributed by atoms with E-state index in [0.717, 1.165) is 10.2 Å². The summed E-state index contributed by atoms with van der Waals surface area (Å²) >= 11 is 3.40.